The Hall–Kier alpha value is -1.42. The van der Waals surface area contributed by atoms with Gasteiger partial charge in [-0.05, 0) is 11.8 Å². The van der Waals surface area contributed by atoms with Crippen LogP contribution < -0.4 is 0 Å². The summed E-state index contributed by atoms with van der Waals surface area (Å²) < 4.78 is 115. The second-order valence-electron chi connectivity index (χ2n) is 7.33. The maximum absolute atomic E-state index is 14.5. The van der Waals surface area contributed by atoms with Gasteiger partial charge in [0.25, 0.3) is 0 Å². The van der Waals surface area contributed by atoms with Gasteiger partial charge in [0, 0.05) is 11.5 Å². The van der Waals surface area contributed by atoms with E-state index < -0.39 is 67.5 Å². The van der Waals surface area contributed by atoms with Crippen molar-refractivity contribution in [2.24, 2.45) is 11.8 Å². The molecular formula is C20H18F8S2. The van der Waals surface area contributed by atoms with Crippen LogP contribution in [0.2, 0.25) is 0 Å². The molecule has 0 aliphatic rings. The van der Waals surface area contributed by atoms with Gasteiger partial charge in [0.2, 0.25) is 0 Å². The summed E-state index contributed by atoms with van der Waals surface area (Å²) in [5.74, 6) is -16.1. The lowest BCUT2D eigenvalue weighted by Crippen LogP contribution is -2.09. The van der Waals surface area contributed by atoms with E-state index in [0.29, 0.717) is 23.5 Å². The average molecular weight is 474 g/mol. The molecule has 0 radical (unpaired) electrons. The smallest absolute Gasteiger partial charge is 0.176 e. The quantitative estimate of drug-likeness (QED) is 0.227. The molecule has 0 aliphatic heterocycles. The maximum Gasteiger partial charge on any atom is 0.176 e. The van der Waals surface area contributed by atoms with Gasteiger partial charge in [-0.3, -0.25) is 0 Å². The van der Waals surface area contributed by atoms with E-state index in [2.05, 4.69) is 0 Å². The van der Waals surface area contributed by atoms with Gasteiger partial charge in [0.15, 0.2) is 46.5 Å². The molecule has 0 saturated carbocycles. The van der Waals surface area contributed by atoms with Crippen LogP contribution in [0.4, 0.5) is 35.1 Å². The molecule has 0 unspecified atom stereocenters. The molecule has 0 aliphatic carbocycles. The van der Waals surface area contributed by atoms with E-state index >= 15 is 0 Å². The molecule has 0 N–H and O–H groups in total. The van der Waals surface area contributed by atoms with Crippen LogP contribution in [-0.2, 0) is 0 Å². The van der Waals surface area contributed by atoms with Crippen molar-refractivity contribution in [3.8, 4) is 11.1 Å². The molecule has 0 bridgehead atoms. The number of hydrogen-bond donors (Lipinski definition) is 0. The lowest BCUT2D eigenvalue weighted by molar-refractivity contribution is 0.415. The number of hydrogen-bond acceptors (Lipinski definition) is 2. The van der Waals surface area contributed by atoms with Gasteiger partial charge in [0.1, 0.15) is 0 Å². The van der Waals surface area contributed by atoms with E-state index in [9.17, 15) is 35.1 Å². The van der Waals surface area contributed by atoms with Crippen molar-refractivity contribution in [3.05, 3.63) is 46.5 Å². The molecule has 0 fully saturated rings. The molecule has 10 heteroatoms. The first-order valence-electron chi connectivity index (χ1n) is 8.87. The van der Waals surface area contributed by atoms with Crippen LogP contribution in [0.25, 0.3) is 11.1 Å². The SMILES string of the molecule is CC(C)CSc1c(F)c(F)c(-c2c(F)c(F)c(SCC(C)C)c(F)c2F)c(F)c1F. The molecule has 2 aromatic carbocycles. The van der Waals surface area contributed by atoms with Crippen LogP contribution in [0.1, 0.15) is 27.7 Å². The van der Waals surface area contributed by atoms with Crippen LogP contribution in [0.15, 0.2) is 9.79 Å². The molecular weight excluding hydrogens is 456 g/mol. The number of halogens is 8. The minimum Gasteiger partial charge on any atom is -0.203 e. The van der Waals surface area contributed by atoms with Crippen LogP contribution in [-0.4, -0.2) is 11.5 Å². The molecule has 0 aromatic heterocycles. The predicted molar refractivity (Wildman–Crippen MR) is 103 cm³/mol. The van der Waals surface area contributed by atoms with Crippen molar-refractivity contribution in [1.82, 2.24) is 0 Å². The summed E-state index contributed by atoms with van der Waals surface area (Å²) in [6.07, 6.45) is 0. The Balaban J connectivity index is 2.73. The zero-order chi connectivity index (χ0) is 22.9. The normalized spacial score (nSPS) is 11.8. The van der Waals surface area contributed by atoms with Gasteiger partial charge in [-0.25, -0.2) is 35.1 Å². The van der Waals surface area contributed by atoms with E-state index in [1.54, 1.807) is 27.7 Å². The van der Waals surface area contributed by atoms with E-state index in [4.69, 9.17) is 0 Å². The van der Waals surface area contributed by atoms with Gasteiger partial charge < -0.3 is 0 Å². The minimum atomic E-state index is -2.14. The zero-order valence-corrected chi connectivity index (χ0v) is 18.0. The van der Waals surface area contributed by atoms with Gasteiger partial charge in [-0.15, -0.1) is 23.5 Å². The lowest BCUT2D eigenvalue weighted by atomic mass is 10.0. The van der Waals surface area contributed by atoms with E-state index in [1.165, 1.54) is 0 Å². The fourth-order valence-electron chi connectivity index (χ4n) is 2.42. The largest absolute Gasteiger partial charge is 0.203 e. The molecule has 30 heavy (non-hydrogen) atoms. The summed E-state index contributed by atoms with van der Waals surface area (Å²) >= 11 is 0.943. The minimum absolute atomic E-state index is 0.0893. The summed E-state index contributed by atoms with van der Waals surface area (Å²) in [6, 6.07) is 0. The van der Waals surface area contributed by atoms with Crippen LogP contribution in [0, 0.1) is 58.4 Å². The van der Waals surface area contributed by atoms with Gasteiger partial charge in [-0.2, -0.15) is 0 Å². The Morgan fingerprint density at radius 2 is 0.700 bits per heavy atom. The Morgan fingerprint density at radius 3 is 0.900 bits per heavy atom. The first-order valence-corrected chi connectivity index (χ1v) is 10.8. The third-order valence-corrected chi connectivity index (χ3v) is 6.78. The molecule has 2 aromatic rings. The highest BCUT2D eigenvalue weighted by Gasteiger charge is 2.34. The van der Waals surface area contributed by atoms with Crippen molar-refractivity contribution in [3.63, 3.8) is 0 Å². The first-order chi connectivity index (χ1) is 13.9. The van der Waals surface area contributed by atoms with E-state index in [1.807, 2.05) is 0 Å². The third kappa shape index (κ3) is 4.74. The molecule has 2 rings (SSSR count). The number of benzene rings is 2. The Morgan fingerprint density at radius 1 is 0.467 bits per heavy atom. The van der Waals surface area contributed by atoms with Gasteiger partial charge in [-0.1, -0.05) is 27.7 Å². The lowest BCUT2D eigenvalue weighted by Gasteiger charge is -2.16. The average Bonchev–Trinajstić information content (AvgIpc) is 2.67. The summed E-state index contributed by atoms with van der Waals surface area (Å²) in [4.78, 5) is -2.04. The maximum atomic E-state index is 14.5. The highest BCUT2D eigenvalue weighted by molar-refractivity contribution is 7.99. The van der Waals surface area contributed by atoms with Crippen molar-refractivity contribution in [2.75, 3.05) is 11.5 Å². The fraction of sp³-hybridized carbons (Fsp3) is 0.400. The molecule has 0 spiro atoms. The zero-order valence-electron chi connectivity index (χ0n) is 16.4. The fourth-order valence-corrected chi connectivity index (χ4v) is 4.28. The van der Waals surface area contributed by atoms with E-state index in [0.717, 1.165) is 0 Å². The summed E-state index contributed by atoms with van der Waals surface area (Å²) in [6.45, 7) is 6.77. The van der Waals surface area contributed by atoms with Crippen molar-refractivity contribution in [1.29, 1.82) is 0 Å². The number of thioether (sulfide) groups is 2. The van der Waals surface area contributed by atoms with E-state index in [-0.39, 0.29) is 23.3 Å². The second kappa shape index (κ2) is 9.80. The van der Waals surface area contributed by atoms with Gasteiger partial charge in [0.05, 0.1) is 20.9 Å². The second-order valence-corrected chi connectivity index (χ2v) is 9.39. The summed E-state index contributed by atoms with van der Waals surface area (Å²) in [5, 5.41) is 0. The first kappa shape index (κ1) is 24.8. The number of rotatable bonds is 7. The molecule has 0 saturated heterocycles. The van der Waals surface area contributed by atoms with Gasteiger partial charge >= 0.3 is 0 Å². The highest BCUT2D eigenvalue weighted by atomic mass is 32.2. The Bertz CT molecular complexity index is 821. The molecule has 0 atom stereocenters. The Kier molecular flexibility index (Phi) is 8.12. The van der Waals surface area contributed by atoms with Crippen molar-refractivity contribution in [2.45, 2.75) is 37.5 Å². The monoisotopic (exact) mass is 474 g/mol. The van der Waals surface area contributed by atoms with Crippen LogP contribution >= 0.6 is 23.5 Å². The summed E-state index contributed by atoms with van der Waals surface area (Å²) in [5.41, 5.74) is -3.68. The van der Waals surface area contributed by atoms with Crippen molar-refractivity contribution >= 4 is 23.5 Å². The van der Waals surface area contributed by atoms with Crippen molar-refractivity contribution < 1.29 is 35.1 Å². The molecule has 0 heterocycles. The Labute approximate surface area is 177 Å². The molecule has 0 amide bonds. The molecule has 166 valence electrons. The standard InChI is InChI=1S/C20H18F8S2/c1-7(2)5-29-19-15(25)11(21)9(12(22)16(19)26)10-13(23)17(27)20(18(28)14(10)24)30-6-8(3)4/h7-8H,5-6H2,1-4H3. The molecule has 0 nitrogen and oxygen atoms in total. The summed E-state index contributed by atoms with van der Waals surface area (Å²) in [7, 11) is 0. The predicted octanol–water partition coefficient (Wildman–Crippen LogP) is 7.96. The van der Waals surface area contributed by atoms with Crippen LogP contribution in [0.3, 0.4) is 0 Å². The topological polar surface area (TPSA) is 0 Å². The third-order valence-electron chi connectivity index (χ3n) is 3.82. The van der Waals surface area contributed by atoms with Crippen LogP contribution in [0.5, 0.6) is 0 Å². The highest BCUT2D eigenvalue weighted by Crippen LogP contribution is 2.42.